The van der Waals surface area contributed by atoms with Crippen LogP contribution in [0.4, 0.5) is 0 Å². The third-order valence-corrected chi connectivity index (χ3v) is 1.82. The van der Waals surface area contributed by atoms with Gasteiger partial charge < -0.3 is 10.2 Å². The van der Waals surface area contributed by atoms with Crippen LogP contribution in [0.3, 0.4) is 0 Å². The molecule has 0 heterocycles. The highest BCUT2D eigenvalue weighted by Crippen LogP contribution is 2.19. The van der Waals surface area contributed by atoms with Gasteiger partial charge in [-0.2, -0.15) is 0 Å². The molecule has 0 saturated heterocycles. The van der Waals surface area contributed by atoms with E-state index in [1.165, 1.54) is 30.4 Å². The van der Waals surface area contributed by atoms with Crippen LogP contribution >= 0.6 is 0 Å². The number of azide groups is 1. The maximum Gasteiger partial charge on any atom is 0.335 e. The maximum absolute atomic E-state index is 10.7. The van der Waals surface area contributed by atoms with E-state index in [0.29, 0.717) is 5.56 Å². The van der Waals surface area contributed by atoms with Gasteiger partial charge in [0.2, 0.25) is 0 Å². The van der Waals surface area contributed by atoms with Gasteiger partial charge in [-0.25, -0.2) is 4.79 Å². The summed E-state index contributed by atoms with van der Waals surface area (Å²) < 4.78 is 0. The zero-order chi connectivity index (χ0) is 12.0. The molecule has 6 nitrogen and oxygen atoms in total. The second-order valence-corrected chi connectivity index (χ2v) is 2.89. The minimum Gasteiger partial charge on any atom is -0.507 e. The Morgan fingerprint density at radius 1 is 1.56 bits per heavy atom. The van der Waals surface area contributed by atoms with Crippen LogP contribution < -0.4 is 0 Å². The molecule has 0 amide bonds. The Labute approximate surface area is 91.1 Å². The summed E-state index contributed by atoms with van der Waals surface area (Å²) in [5.74, 6) is -1.09. The van der Waals surface area contributed by atoms with Crippen LogP contribution in [0, 0.1) is 0 Å². The van der Waals surface area contributed by atoms with Gasteiger partial charge in [0.1, 0.15) is 5.75 Å². The molecule has 1 aromatic carbocycles. The highest BCUT2D eigenvalue weighted by atomic mass is 16.4. The molecule has 6 heteroatoms. The molecule has 0 aromatic heterocycles. The van der Waals surface area contributed by atoms with Gasteiger partial charge in [0.15, 0.2) is 0 Å². The lowest BCUT2D eigenvalue weighted by Gasteiger charge is -2.00. The van der Waals surface area contributed by atoms with Gasteiger partial charge >= 0.3 is 5.97 Å². The van der Waals surface area contributed by atoms with E-state index in [9.17, 15) is 9.90 Å². The number of phenols is 1. The summed E-state index contributed by atoms with van der Waals surface area (Å²) >= 11 is 0. The third kappa shape index (κ3) is 3.04. The first-order chi connectivity index (χ1) is 7.65. The first kappa shape index (κ1) is 11.6. The van der Waals surface area contributed by atoms with Crippen molar-refractivity contribution in [1.82, 2.24) is 0 Å². The maximum atomic E-state index is 10.7. The molecule has 0 spiro atoms. The van der Waals surface area contributed by atoms with Crippen molar-refractivity contribution in [2.24, 2.45) is 5.11 Å². The first-order valence-electron chi connectivity index (χ1n) is 4.39. The Kier molecular flexibility index (Phi) is 3.94. The van der Waals surface area contributed by atoms with E-state index in [0.717, 1.165) is 0 Å². The molecule has 1 aromatic rings. The van der Waals surface area contributed by atoms with Crippen LogP contribution in [0.1, 0.15) is 15.9 Å². The Morgan fingerprint density at radius 3 is 2.94 bits per heavy atom. The largest absolute Gasteiger partial charge is 0.507 e. The molecule has 0 aliphatic carbocycles. The summed E-state index contributed by atoms with van der Waals surface area (Å²) in [6.45, 7) is 0.146. The number of phenolic OH excluding ortho intramolecular Hbond substituents is 1. The Hall–Kier alpha value is -2.46. The molecule has 0 bridgehead atoms. The number of benzene rings is 1. The Balaban J connectivity index is 2.94. The predicted molar refractivity (Wildman–Crippen MR) is 58.1 cm³/mol. The van der Waals surface area contributed by atoms with Crippen LogP contribution in [-0.4, -0.2) is 22.7 Å². The van der Waals surface area contributed by atoms with E-state index >= 15 is 0 Å². The smallest absolute Gasteiger partial charge is 0.335 e. The summed E-state index contributed by atoms with van der Waals surface area (Å²) in [7, 11) is 0. The van der Waals surface area contributed by atoms with E-state index in [1.807, 2.05) is 0 Å². The number of carbonyl (C=O) groups is 1. The van der Waals surface area contributed by atoms with E-state index in [1.54, 1.807) is 0 Å². The van der Waals surface area contributed by atoms with E-state index in [-0.39, 0.29) is 17.9 Å². The molecule has 0 atom stereocenters. The first-order valence-corrected chi connectivity index (χ1v) is 4.39. The molecule has 82 valence electrons. The molecule has 2 N–H and O–H groups in total. The second kappa shape index (κ2) is 5.43. The summed E-state index contributed by atoms with van der Waals surface area (Å²) in [5, 5.41) is 21.4. The number of rotatable bonds is 4. The van der Waals surface area contributed by atoms with Crippen LogP contribution in [0.2, 0.25) is 0 Å². The second-order valence-electron chi connectivity index (χ2n) is 2.89. The van der Waals surface area contributed by atoms with Crippen LogP contribution in [-0.2, 0) is 0 Å². The molecule has 1 rings (SSSR count). The SMILES string of the molecule is [N-]=[N+]=NCC=Cc1cc(C(=O)O)ccc1O. The number of hydrogen-bond acceptors (Lipinski definition) is 3. The quantitative estimate of drug-likeness (QED) is 0.461. The number of aromatic hydroxyl groups is 1. The summed E-state index contributed by atoms with van der Waals surface area (Å²) in [4.78, 5) is 13.2. The standard InChI is InChI=1S/C10H9N3O3/c11-13-12-5-1-2-7-6-8(10(15)16)3-4-9(7)14/h1-4,6,14H,5H2,(H,15,16). The number of hydrogen-bond donors (Lipinski definition) is 2. The third-order valence-electron chi connectivity index (χ3n) is 1.82. The Morgan fingerprint density at radius 2 is 2.31 bits per heavy atom. The van der Waals surface area contributed by atoms with Gasteiger partial charge in [-0.3, -0.25) is 0 Å². The number of aromatic carboxylic acids is 1. The van der Waals surface area contributed by atoms with Gasteiger partial charge in [-0.05, 0) is 23.7 Å². The summed E-state index contributed by atoms with van der Waals surface area (Å²) in [5.41, 5.74) is 8.49. The zero-order valence-electron chi connectivity index (χ0n) is 8.24. The predicted octanol–water partition coefficient (Wildman–Crippen LogP) is 2.41. The van der Waals surface area contributed by atoms with Crippen molar-refractivity contribution < 1.29 is 15.0 Å². The normalized spacial score (nSPS) is 10.0. The van der Waals surface area contributed by atoms with Crippen molar-refractivity contribution in [3.05, 3.63) is 45.8 Å². The van der Waals surface area contributed by atoms with Crippen molar-refractivity contribution in [1.29, 1.82) is 0 Å². The monoisotopic (exact) mass is 219 g/mol. The van der Waals surface area contributed by atoms with Crippen LogP contribution in [0.15, 0.2) is 29.4 Å². The molecule has 0 radical (unpaired) electrons. The van der Waals surface area contributed by atoms with Gasteiger partial charge in [0, 0.05) is 17.0 Å². The number of nitrogens with zero attached hydrogens (tertiary/aromatic N) is 3. The molecule has 0 fully saturated rings. The lowest BCUT2D eigenvalue weighted by molar-refractivity contribution is 0.0697. The minimum atomic E-state index is -1.07. The summed E-state index contributed by atoms with van der Waals surface area (Å²) in [6.07, 6.45) is 3.02. The van der Waals surface area contributed by atoms with Crippen molar-refractivity contribution >= 4 is 12.0 Å². The van der Waals surface area contributed by atoms with E-state index in [2.05, 4.69) is 10.0 Å². The van der Waals surface area contributed by atoms with Gasteiger partial charge in [0.25, 0.3) is 0 Å². The molecule has 16 heavy (non-hydrogen) atoms. The van der Waals surface area contributed by atoms with Gasteiger partial charge in [0.05, 0.1) is 5.56 Å². The molecule has 0 aliphatic rings. The van der Waals surface area contributed by atoms with Crippen LogP contribution in [0.25, 0.3) is 16.5 Å². The van der Waals surface area contributed by atoms with Crippen molar-refractivity contribution in [3.63, 3.8) is 0 Å². The molecular formula is C10H9N3O3. The fraction of sp³-hybridized carbons (Fsp3) is 0.100. The molecule has 0 saturated carbocycles. The molecular weight excluding hydrogens is 210 g/mol. The molecule has 0 unspecified atom stereocenters. The lowest BCUT2D eigenvalue weighted by atomic mass is 10.1. The van der Waals surface area contributed by atoms with Crippen molar-refractivity contribution in [2.45, 2.75) is 0 Å². The van der Waals surface area contributed by atoms with E-state index < -0.39 is 5.97 Å². The van der Waals surface area contributed by atoms with Gasteiger partial charge in [-0.15, -0.1) is 0 Å². The average molecular weight is 219 g/mol. The van der Waals surface area contributed by atoms with Gasteiger partial charge in [-0.1, -0.05) is 17.3 Å². The fourth-order valence-electron chi connectivity index (χ4n) is 1.08. The minimum absolute atomic E-state index is 0.0258. The summed E-state index contributed by atoms with van der Waals surface area (Å²) in [6, 6.07) is 3.95. The molecule has 0 aliphatic heterocycles. The lowest BCUT2D eigenvalue weighted by Crippen LogP contribution is -1.95. The van der Waals surface area contributed by atoms with Crippen LogP contribution in [0.5, 0.6) is 5.75 Å². The Bertz CT molecular complexity index is 476. The van der Waals surface area contributed by atoms with Crippen molar-refractivity contribution in [3.8, 4) is 5.75 Å². The topological polar surface area (TPSA) is 106 Å². The average Bonchev–Trinajstić information content (AvgIpc) is 2.26. The fourth-order valence-corrected chi connectivity index (χ4v) is 1.08. The number of carboxylic acids is 1. The van der Waals surface area contributed by atoms with Crippen molar-refractivity contribution in [2.75, 3.05) is 6.54 Å². The highest BCUT2D eigenvalue weighted by Gasteiger charge is 2.05. The van der Waals surface area contributed by atoms with E-state index in [4.69, 9.17) is 10.6 Å². The number of carboxylic acid groups (broad SMARTS) is 1. The zero-order valence-corrected chi connectivity index (χ0v) is 8.24. The highest BCUT2D eigenvalue weighted by molar-refractivity contribution is 5.88.